The molecule has 3 heteroatoms. The van der Waals surface area contributed by atoms with Crippen LogP contribution in [-0.4, -0.2) is 30.7 Å². The number of alkyl halides is 1. The summed E-state index contributed by atoms with van der Waals surface area (Å²) in [6, 6.07) is 0. The van der Waals surface area contributed by atoms with Gasteiger partial charge < -0.3 is 10.1 Å². The predicted octanol–water partition coefficient (Wildman–Crippen LogP) is 2.65. The van der Waals surface area contributed by atoms with Crippen molar-refractivity contribution in [3.05, 3.63) is 0 Å². The van der Waals surface area contributed by atoms with Crippen LogP contribution in [0.1, 0.15) is 34.6 Å². The molecule has 0 bridgehead atoms. The Kier molecular flexibility index (Phi) is 6.75. The summed E-state index contributed by atoms with van der Waals surface area (Å²) in [5, 5.41) is 3.49. The first-order valence-corrected chi connectivity index (χ1v) is 5.76. The van der Waals surface area contributed by atoms with Gasteiger partial charge in [0.25, 0.3) is 0 Å². The van der Waals surface area contributed by atoms with Gasteiger partial charge in [0.05, 0.1) is 6.61 Å². The average molecular weight is 222 g/mol. The molecule has 86 valence electrons. The van der Waals surface area contributed by atoms with Gasteiger partial charge in [-0.05, 0) is 26.7 Å². The molecule has 0 aromatic carbocycles. The van der Waals surface area contributed by atoms with Gasteiger partial charge in [-0.25, -0.2) is 0 Å². The summed E-state index contributed by atoms with van der Waals surface area (Å²) in [7, 11) is 0. The van der Waals surface area contributed by atoms with Crippen molar-refractivity contribution >= 4 is 11.6 Å². The predicted molar refractivity (Wildman–Crippen MR) is 63.1 cm³/mol. The van der Waals surface area contributed by atoms with Gasteiger partial charge in [0.1, 0.15) is 0 Å². The van der Waals surface area contributed by atoms with Crippen molar-refractivity contribution in [2.75, 3.05) is 19.8 Å². The Balaban J connectivity index is 3.45. The first kappa shape index (κ1) is 14.2. The van der Waals surface area contributed by atoms with Gasteiger partial charge in [-0.1, -0.05) is 13.8 Å². The molecule has 0 aliphatic heterocycles. The largest absolute Gasteiger partial charge is 0.380 e. The first-order chi connectivity index (χ1) is 6.36. The molecule has 0 fully saturated rings. The van der Waals surface area contributed by atoms with Crippen LogP contribution < -0.4 is 5.32 Å². The summed E-state index contributed by atoms with van der Waals surface area (Å²) in [5.41, 5.74) is -0.0251. The van der Waals surface area contributed by atoms with Crippen LogP contribution in [-0.2, 0) is 4.74 Å². The molecule has 0 aromatic rings. The van der Waals surface area contributed by atoms with Crippen LogP contribution in [0.15, 0.2) is 0 Å². The van der Waals surface area contributed by atoms with E-state index in [2.05, 4.69) is 33.0 Å². The van der Waals surface area contributed by atoms with Crippen molar-refractivity contribution in [2.45, 2.75) is 45.5 Å². The molecule has 0 aliphatic carbocycles. The van der Waals surface area contributed by atoms with Crippen LogP contribution in [0.3, 0.4) is 0 Å². The SMILES string of the molecule is CC(C)COCCNC(C)(C)C(C)Cl. The topological polar surface area (TPSA) is 21.3 Å². The fourth-order valence-corrected chi connectivity index (χ4v) is 0.982. The molecule has 1 unspecified atom stereocenters. The van der Waals surface area contributed by atoms with Gasteiger partial charge in [0.2, 0.25) is 0 Å². The van der Waals surface area contributed by atoms with E-state index in [0.717, 1.165) is 19.8 Å². The highest BCUT2D eigenvalue weighted by Gasteiger charge is 2.22. The second kappa shape index (κ2) is 6.65. The molecule has 0 heterocycles. The smallest absolute Gasteiger partial charge is 0.0591 e. The van der Waals surface area contributed by atoms with Crippen molar-refractivity contribution in [3.8, 4) is 0 Å². The zero-order chi connectivity index (χ0) is 11.2. The van der Waals surface area contributed by atoms with Crippen molar-refractivity contribution in [1.29, 1.82) is 0 Å². The molecule has 0 saturated carbocycles. The van der Waals surface area contributed by atoms with E-state index >= 15 is 0 Å². The van der Waals surface area contributed by atoms with Crippen LogP contribution in [0.25, 0.3) is 0 Å². The van der Waals surface area contributed by atoms with Gasteiger partial charge >= 0.3 is 0 Å². The van der Waals surface area contributed by atoms with Crippen LogP contribution in [0.2, 0.25) is 0 Å². The third-order valence-corrected chi connectivity index (χ3v) is 2.82. The summed E-state index contributed by atoms with van der Waals surface area (Å²) >= 11 is 6.03. The lowest BCUT2D eigenvalue weighted by atomic mass is 10.0. The van der Waals surface area contributed by atoms with E-state index in [1.807, 2.05) is 6.92 Å². The van der Waals surface area contributed by atoms with Crippen molar-refractivity contribution in [1.82, 2.24) is 5.32 Å². The number of rotatable bonds is 7. The molecule has 0 radical (unpaired) electrons. The summed E-state index contributed by atoms with van der Waals surface area (Å²) in [6.45, 7) is 13.0. The molecular formula is C11H24ClNO. The van der Waals surface area contributed by atoms with Gasteiger partial charge in [-0.2, -0.15) is 0 Å². The zero-order valence-electron chi connectivity index (χ0n) is 10.1. The minimum atomic E-state index is -0.0251. The lowest BCUT2D eigenvalue weighted by molar-refractivity contribution is 0.107. The van der Waals surface area contributed by atoms with Crippen molar-refractivity contribution < 1.29 is 4.74 Å². The maximum atomic E-state index is 6.03. The number of hydrogen-bond acceptors (Lipinski definition) is 2. The molecule has 14 heavy (non-hydrogen) atoms. The minimum Gasteiger partial charge on any atom is -0.380 e. The number of hydrogen-bond donors (Lipinski definition) is 1. The third kappa shape index (κ3) is 6.63. The van der Waals surface area contributed by atoms with Gasteiger partial charge in [0.15, 0.2) is 0 Å². The Hall–Kier alpha value is 0.210. The number of halogens is 1. The molecule has 1 N–H and O–H groups in total. The van der Waals surface area contributed by atoms with Crippen LogP contribution in [0.4, 0.5) is 0 Å². The minimum absolute atomic E-state index is 0.0251. The Morgan fingerprint density at radius 3 is 2.29 bits per heavy atom. The van der Waals surface area contributed by atoms with Crippen LogP contribution in [0.5, 0.6) is 0 Å². The van der Waals surface area contributed by atoms with Gasteiger partial charge in [0, 0.05) is 24.1 Å². The molecular weight excluding hydrogens is 198 g/mol. The second-order valence-corrected chi connectivity index (χ2v) is 5.39. The maximum Gasteiger partial charge on any atom is 0.0591 e. The first-order valence-electron chi connectivity index (χ1n) is 5.33. The van der Waals surface area contributed by atoms with E-state index in [1.165, 1.54) is 0 Å². The molecule has 0 saturated heterocycles. The van der Waals surface area contributed by atoms with E-state index < -0.39 is 0 Å². The fourth-order valence-electron chi connectivity index (χ4n) is 0.905. The second-order valence-electron chi connectivity index (χ2n) is 4.73. The maximum absolute atomic E-state index is 6.03. The van der Waals surface area contributed by atoms with E-state index in [4.69, 9.17) is 16.3 Å². The van der Waals surface area contributed by atoms with Crippen LogP contribution in [0, 0.1) is 5.92 Å². The Morgan fingerprint density at radius 1 is 1.29 bits per heavy atom. The van der Waals surface area contributed by atoms with Crippen molar-refractivity contribution in [3.63, 3.8) is 0 Å². The Bertz CT molecular complexity index is 146. The molecule has 2 nitrogen and oxygen atoms in total. The van der Waals surface area contributed by atoms with E-state index in [0.29, 0.717) is 5.92 Å². The summed E-state index contributed by atoms with van der Waals surface area (Å²) in [5.74, 6) is 0.606. The summed E-state index contributed by atoms with van der Waals surface area (Å²) in [4.78, 5) is 0. The lowest BCUT2D eigenvalue weighted by Gasteiger charge is -2.29. The zero-order valence-corrected chi connectivity index (χ0v) is 10.8. The van der Waals surface area contributed by atoms with Crippen LogP contribution >= 0.6 is 11.6 Å². The fraction of sp³-hybridized carbons (Fsp3) is 1.00. The average Bonchev–Trinajstić information content (AvgIpc) is 2.02. The van der Waals surface area contributed by atoms with E-state index in [1.54, 1.807) is 0 Å². The number of ether oxygens (including phenoxy) is 1. The monoisotopic (exact) mass is 221 g/mol. The molecule has 0 aromatic heterocycles. The molecule has 1 atom stereocenters. The van der Waals surface area contributed by atoms with E-state index in [-0.39, 0.29) is 10.9 Å². The van der Waals surface area contributed by atoms with Gasteiger partial charge in [-0.3, -0.25) is 0 Å². The lowest BCUT2D eigenvalue weighted by Crippen LogP contribution is -2.47. The van der Waals surface area contributed by atoms with Gasteiger partial charge in [-0.15, -0.1) is 11.6 Å². The molecule has 0 spiro atoms. The molecule has 0 amide bonds. The standard InChI is InChI=1S/C11H24ClNO/c1-9(2)8-14-7-6-13-11(4,5)10(3)12/h9-10,13H,6-8H2,1-5H3. The highest BCUT2D eigenvalue weighted by atomic mass is 35.5. The highest BCUT2D eigenvalue weighted by Crippen LogP contribution is 2.13. The Morgan fingerprint density at radius 2 is 1.86 bits per heavy atom. The molecule has 0 rings (SSSR count). The molecule has 0 aliphatic rings. The Labute approximate surface area is 93.4 Å². The summed E-state index contributed by atoms with van der Waals surface area (Å²) < 4.78 is 5.46. The summed E-state index contributed by atoms with van der Waals surface area (Å²) in [6.07, 6.45) is 0. The van der Waals surface area contributed by atoms with Crippen molar-refractivity contribution in [2.24, 2.45) is 5.92 Å². The highest BCUT2D eigenvalue weighted by molar-refractivity contribution is 6.21. The van der Waals surface area contributed by atoms with E-state index in [9.17, 15) is 0 Å². The quantitative estimate of drug-likeness (QED) is 0.527. The number of nitrogens with one attached hydrogen (secondary N) is 1. The normalized spacial score (nSPS) is 14.8. The third-order valence-electron chi connectivity index (χ3n) is 2.27.